The van der Waals surface area contributed by atoms with E-state index in [-0.39, 0.29) is 5.82 Å². The standard InChI is InChI=1S/C28H30BrFN4/c1-32-18-25(24-17-22(30)6-9-26(24)32)19-4-7-23(8-5-19)33-11-13-34(14-12-33)27-16-21(29)15-20-3-2-10-31-28(20)27/h2-3,6,9-10,15-19,23H,4-5,7-8,11-14H2,1H3/t19-,23+. The lowest BCUT2D eigenvalue weighted by Crippen LogP contribution is -2.51. The van der Waals surface area contributed by atoms with Gasteiger partial charge in [0.05, 0.1) is 11.2 Å². The van der Waals surface area contributed by atoms with Gasteiger partial charge in [-0.3, -0.25) is 9.88 Å². The van der Waals surface area contributed by atoms with E-state index in [2.05, 4.69) is 66.7 Å². The summed E-state index contributed by atoms with van der Waals surface area (Å²) >= 11 is 3.68. The zero-order valence-electron chi connectivity index (χ0n) is 19.6. The summed E-state index contributed by atoms with van der Waals surface area (Å²) in [5.41, 5.74) is 4.78. The number of benzene rings is 2. The minimum Gasteiger partial charge on any atom is -0.367 e. The molecule has 1 aliphatic carbocycles. The van der Waals surface area contributed by atoms with Crippen LogP contribution in [0.2, 0.25) is 0 Å². The van der Waals surface area contributed by atoms with Crippen LogP contribution in [0, 0.1) is 5.82 Å². The molecule has 0 spiro atoms. The Morgan fingerprint density at radius 3 is 2.56 bits per heavy atom. The molecule has 0 atom stereocenters. The van der Waals surface area contributed by atoms with Crippen molar-refractivity contribution in [2.24, 2.45) is 7.05 Å². The molecule has 6 heteroatoms. The average Bonchev–Trinajstić information content (AvgIpc) is 3.19. The molecule has 0 unspecified atom stereocenters. The second kappa shape index (κ2) is 8.97. The maximum absolute atomic E-state index is 13.9. The third-order valence-electron chi connectivity index (χ3n) is 7.94. The third-order valence-corrected chi connectivity index (χ3v) is 8.40. The number of aryl methyl sites for hydroxylation is 1. The summed E-state index contributed by atoms with van der Waals surface area (Å²) in [6, 6.07) is 14.3. The SMILES string of the molecule is Cn1cc([C@H]2CC[C@@H](N3CCN(c4cc(Br)cc5cccnc45)CC3)CC2)c2cc(F)ccc21. The fraction of sp³-hybridized carbons (Fsp3) is 0.393. The van der Waals surface area contributed by atoms with Crippen molar-refractivity contribution in [3.05, 3.63) is 70.7 Å². The highest BCUT2D eigenvalue weighted by Gasteiger charge is 2.30. The largest absolute Gasteiger partial charge is 0.367 e. The van der Waals surface area contributed by atoms with Crippen molar-refractivity contribution in [3.63, 3.8) is 0 Å². The molecular formula is C28H30BrFN4. The first-order valence-corrected chi connectivity index (χ1v) is 13.1. The molecule has 0 amide bonds. The Bertz CT molecular complexity index is 1330. The van der Waals surface area contributed by atoms with Gasteiger partial charge in [-0.05, 0) is 73.6 Å². The van der Waals surface area contributed by atoms with Crippen molar-refractivity contribution in [1.82, 2.24) is 14.5 Å². The summed E-state index contributed by atoms with van der Waals surface area (Å²) in [6.45, 7) is 4.25. The Morgan fingerprint density at radius 1 is 0.971 bits per heavy atom. The van der Waals surface area contributed by atoms with Gasteiger partial charge in [-0.1, -0.05) is 22.0 Å². The molecule has 0 radical (unpaired) electrons. The number of hydrogen-bond donors (Lipinski definition) is 0. The molecule has 2 aliphatic rings. The van der Waals surface area contributed by atoms with Crippen LogP contribution in [0.15, 0.2) is 59.3 Å². The number of anilines is 1. The lowest BCUT2D eigenvalue weighted by molar-refractivity contribution is 0.141. The van der Waals surface area contributed by atoms with Gasteiger partial charge in [0.2, 0.25) is 0 Å². The van der Waals surface area contributed by atoms with Crippen molar-refractivity contribution in [1.29, 1.82) is 0 Å². The van der Waals surface area contributed by atoms with Gasteiger partial charge in [0.1, 0.15) is 5.82 Å². The number of halogens is 2. The van der Waals surface area contributed by atoms with E-state index in [1.807, 2.05) is 18.3 Å². The van der Waals surface area contributed by atoms with Gasteiger partial charge in [-0.2, -0.15) is 0 Å². The van der Waals surface area contributed by atoms with Gasteiger partial charge in [-0.25, -0.2) is 4.39 Å². The molecule has 176 valence electrons. The number of nitrogens with zero attached hydrogens (tertiary/aromatic N) is 4. The molecule has 0 N–H and O–H groups in total. The van der Waals surface area contributed by atoms with E-state index < -0.39 is 0 Å². The number of fused-ring (bicyclic) bond motifs is 2. The van der Waals surface area contributed by atoms with E-state index in [1.165, 1.54) is 42.3 Å². The Kier molecular flexibility index (Phi) is 5.82. The first kappa shape index (κ1) is 22.1. The van der Waals surface area contributed by atoms with E-state index in [0.29, 0.717) is 12.0 Å². The zero-order valence-corrected chi connectivity index (χ0v) is 21.1. The lowest BCUT2D eigenvalue weighted by atomic mass is 9.81. The molecular weight excluding hydrogens is 491 g/mol. The molecule has 3 heterocycles. The number of aromatic nitrogens is 2. The van der Waals surface area contributed by atoms with Crippen LogP contribution in [0.1, 0.15) is 37.2 Å². The number of piperazine rings is 1. The van der Waals surface area contributed by atoms with Crippen LogP contribution in [0.4, 0.5) is 10.1 Å². The third kappa shape index (κ3) is 4.01. The van der Waals surface area contributed by atoms with Gasteiger partial charge < -0.3 is 9.47 Å². The van der Waals surface area contributed by atoms with Crippen molar-refractivity contribution in [3.8, 4) is 0 Å². The number of hydrogen-bond acceptors (Lipinski definition) is 3. The molecule has 2 aromatic carbocycles. The van der Waals surface area contributed by atoms with E-state index in [1.54, 1.807) is 12.1 Å². The molecule has 1 saturated heterocycles. The molecule has 1 aliphatic heterocycles. The zero-order chi connectivity index (χ0) is 23.2. The summed E-state index contributed by atoms with van der Waals surface area (Å²) in [5.74, 6) is 0.391. The van der Waals surface area contributed by atoms with Crippen LogP contribution in [-0.4, -0.2) is 46.7 Å². The highest BCUT2D eigenvalue weighted by molar-refractivity contribution is 9.10. The smallest absolute Gasteiger partial charge is 0.123 e. The topological polar surface area (TPSA) is 24.3 Å². The highest BCUT2D eigenvalue weighted by Crippen LogP contribution is 2.39. The highest BCUT2D eigenvalue weighted by atomic mass is 79.9. The maximum Gasteiger partial charge on any atom is 0.123 e. The van der Waals surface area contributed by atoms with Crippen LogP contribution < -0.4 is 4.90 Å². The van der Waals surface area contributed by atoms with Crippen LogP contribution in [0.25, 0.3) is 21.8 Å². The second-order valence-corrected chi connectivity index (χ2v) is 10.8. The summed E-state index contributed by atoms with van der Waals surface area (Å²) < 4.78 is 17.2. The maximum atomic E-state index is 13.9. The van der Waals surface area contributed by atoms with Crippen molar-refractivity contribution in [2.45, 2.75) is 37.6 Å². The Labute approximate surface area is 208 Å². The molecule has 6 rings (SSSR count). The Balaban J connectivity index is 1.11. The predicted octanol–water partition coefficient (Wildman–Crippen LogP) is 6.48. The van der Waals surface area contributed by atoms with Gasteiger partial charge in [0, 0.05) is 72.4 Å². The molecule has 0 bridgehead atoms. The van der Waals surface area contributed by atoms with E-state index in [0.717, 1.165) is 47.1 Å². The van der Waals surface area contributed by atoms with E-state index in [4.69, 9.17) is 0 Å². The normalized spacial score (nSPS) is 22.0. The number of pyridine rings is 1. The average molecular weight is 521 g/mol. The molecule has 4 aromatic rings. The fourth-order valence-electron chi connectivity index (χ4n) is 6.18. The minimum atomic E-state index is -0.139. The monoisotopic (exact) mass is 520 g/mol. The molecule has 2 fully saturated rings. The van der Waals surface area contributed by atoms with Crippen LogP contribution in [0.3, 0.4) is 0 Å². The Morgan fingerprint density at radius 2 is 1.76 bits per heavy atom. The first-order valence-electron chi connectivity index (χ1n) is 12.3. The molecule has 4 nitrogen and oxygen atoms in total. The molecule has 2 aromatic heterocycles. The van der Waals surface area contributed by atoms with Crippen molar-refractivity contribution in [2.75, 3.05) is 31.1 Å². The van der Waals surface area contributed by atoms with Gasteiger partial charge in [0.25, 0.3) is 0 Å². The van der Waals surface area contributed by atoms with E-state index in [9.17, 15) is 4.39 Å². The fourth-order valence-corrected chi connectivity index (χ4v) is 6.64. The minimum absolute atomic E-state index is 0.139. The molecule has 1 saturated carbocycles. The van der Waals surface area contributed by atoms with Crippen molar-refractivity contribution < 1.29 is 4.39 Å². The van der Waals surface area contributed by atoms with Crippen LogP contribution >= 0.6 is 15.9 Å². The van der Waals surface area contributed by atoms with Crippen molar-refractivity contribution >= 4 is 43.4 Å². The quantitative estimate of drug-likeness (QED) is 0.309. The summed E-state index contributed by atoms with van der Waals surface area (Å²) in [6.07, 6.45) is 8.92. The second-order valence-electron chi connectivity index (χ2n) is 9.89. The Hall–Kier alpha value is -2.44. The summed E-state index contributed by atoms with van der Waals surface area (Å²) in [7, 11) is 2.07. The lowest BCUT2D eigenvalue weighted by Gasteiger charge is -2.42. The van der Waals surface area contributed by atoms with Crippen LogP contribution in [0.5, 0.6) is 0 Å². The van der Waals surface area contributed by atoms with Gasteiger partial charge in [-0.15, -0.1) is 0 Å². The first-order chi connectivity index (χ1) is 16.6. The van der Waals surface area contributed by atoms with Gasteiger partial charge >= 0.3 is 0 Å². The molecule has 34 heavy (non-hydrogen) atoms. The van der Waals surface area contributed by atoms with E-state index >= 15 is 0 Å². The van der Waals surface area contributed by atoms with Crippen LogP contribution in [-0.2, 0) is 7.05 Å². The summed E-state index contributed by atoms with van der Waals surface area (Å²) in [5, 5.41) is 2.27. The summed E-state index contributed by atoms with van der Waals surface area (Å²) in [4.78, 5) is 9.86. The predicted molar refractivity (Wildman–Crippen MR) is 141 cm³/mol. The number of rotatable bonds is 3. The van der Waals surface area contributed by atoms with Gasteiger partial charge in [0.15, 0.2) is 0 Å².